The van der Waals surface area contributed by atoms with Crippen LogP contribution in [0.25, 0.3) is 0 Å². The first-order valence-corrected chi connectivity index (χ1v) is 6.01. The maximum absolute atomic E-state index is 6.38. The molecule has 0 fully saturated rings. The molecule has 96 valence electrons. The third-order valence-electron chi connectivity index (χ3n) is 2.71. The van der Waals surface area contributed by atoms with Crippen LogP contribution in [0, 0.1) is 6.92 Å². The molecule has 0 radical (unpaired) electrons. The summed E-state index contributed by atoms with van der Waals surface area (Å²) in [5.74, 6) is 2.90. The first-order valence-electron chi connectivity index (χ1n) is 5.58. The summed E-state index contributed by atoms with van der Waals surface area (Å²) >= 11 is 6.38. The van der Waals surface area contributed by atoms with E-state index < -0.39 is 0 Å². The second-order valence-corrected chi connectivity index (χ2v) is 4.36. The van der Waals surface area contributed by atoms with Gasteiger partial charge in [-0.15, -0.1) is 11.6 Å². The lowest BCUT2D eigenvalue weighted by Gasteiger charge is -2.12. The van der Waals surface area contributed by atoms with Gasteiger partial charge in [0.2, 0.25) is 0 Å². The van der Waals surface area contributed by atoms with Gasteiger partial charge < -0.3 is 13.9 Å². The monoisotopic (exact) mass is 266 g/mol. The summed E-state index contributed by atoms with van der Waals surface area (Å²) < 4.78 is 16.0. The molecular formula is C14H15ClO3. The van der Waals surface area contributed by atoms with Crippen molar-refractivity contribution in [3.05, 3.63) is 47.4 Å². The van der Waals surface area contributed by atoms with Gasteiger partial charge in [0.25, 0.3) is 0 Å². The van der Waals surface area contributed by atoms with Crippen LogP contribution >= 0.6 is 11.6 Å². The van der Waals surface area contributed by atoms with Gasteiger partial charge in [0.15, 0.2) is 11.5 Å². The molecule has 0 aliphatic carbocycles. The average molecular weight is 267 g/mol. The van der Waals surface area contributed by atoms with Crippen molar-refractivity contribution in [3.8, 4) is 11.5 Å². The molecule has 1 heterocycles. The third-order valence-corrected chi connectivity index (χ3v) is 3.18. The van der Waals surface area contributed by atoms with E-state index in [1.54, 1.807) is 14.2 Å². The van der Waals surface area contributed by atoms with E-state index in [0.29, 0.717) is 11.5 Å². The fourth-order valence-corrected chi connectivity index (χ4v) is 2.02. The smallest absolute Gasteiger partial charge is 0.161 e. The van der Waals surface area contributed by atoms with Crippen LogP contribution in [-0.2, 0) is 0 Å². The Morgan fingerprint density at radius 3 is 2.33 bits per heavy atom. The van der Waals surface area contributed by atoms with Crippen molar-refractivity contribution < 1.29 is 13.9 Å². The highest BCUT2D eigenvalue weighted by atomic mass is 35.5. The lowest BCUT2D eigenvalue weighted by Crippen LogP contribution is -1.95. The first kappa shape index (κ1) is 12.8. The minimum absolute atomic E-state index is 0.335. The van der Waals surface area contributed by atoms with E-state index in [1.807, 2.05) is 37.3 Å². The second-order valence-electron chi connectivity index (χ2n) is 3.93. The summed E-state index contributed by atoms with van der Waals surface area (Å²) in [6, 6.07) is 9.36. The average Bonchev–Trinajstić information content (AvgIpc) is 2.83. The highest BCUT2D eigenvalue weighted by Gasteiger charge is 2.16. The lowest BCUT2D eigenvalue weighted by atomic mass is 10.1. The van der Waals surface area contributed by atoms with Crippen LogP contribution in [0.4, 0.5) is 0 Å². The van der Waals surface area contributed by atoms with Crippen LogP contribution in [0.15, 0.2) is 34.7 Å². The molecule has 0 spiro atoms. The predicted octanol–water partition coefficient (Wildman–Crippen LogP) is 3.93. The normalized spacial score (nSPS) is 12.2. The lowest BCUT2D eigenvalue weighted by molar-refractivity contribution is 0.354. The van der Waals surface area contributed by atoms with Crippen molar-refractivity contribution in [2.45, 2.75) is 12.3 Å². The topological polar surface area (TPSA) is 31.6 Å². The zero-order chi connectivity index (χ0) is 13.1. The number of aryl methyl sites for hydroxylation is 1. The number of hydrogen-bond acceptors (Lipinski definition) is 3. The van der Waals surface area contributed by atoms with Crippen LogP contribution in [0.3, 0.4) is 0 Å². The number of halogens is 1. The molecule has 1 aromatic carbocycles. The molecule has 18 heavy (non-hydrogen) atoms. The Hall–Kier alpha value is -1.61. The van der Waals surface area contributed by atoms with Crippen LogP contribution in [0.5, 0.6) is 11.5 Å². The van der Waals surface area contributed by atoms with Gasteiger partial charge in [0.05, 0.1) is 14.2 Å². The molecule has 1 aromatic heterocycles. The predicted molar refractivity (Wildman–Crippen MR) is 70.7 cm³/mol. The summed E-state index contributed by atoms with van der Waals surface area (Å²) in [6.07, 6.45) is 0. The van der Waals surface area contributed by atoms with Gasteiger partial charge in [-0.1, -0.05) is 6.07 Å². The van der Waals surface area contributed by atoms with Crippen molar-refractivity contribution in [2.24, 2.45) is 0 Å². The largest absolute Gasteiger partial charge is 0.493 e. The summed E-state index contributed by atoms with van der Waals surface area (Å²) in [7, 11) is 3.20. The number of hydrogen-bond donors (Lipinski definition) is 0. The van der Waals surface area contributed by atoms with E-state index in [2.05, 4.69) is 0 Å². The summed E-state index contributed by atoms with van der Waals surface area (Å²) in [5.41, 5.74) is 0.906. The summed E-state index contributed by atoms with van der Waals surface area (Å²) in [6.45, 7) is 1.89. The molecule has 1 unspecified atom stereocenters. The maximum atomic E-state index is 6.38. The molecule has 2 aromatic rings. The highest BCUT2D eigenvalue weighted by Crippen LogP contribution is 2.35. The van der Waals surface area contributed by atoms with Gasteiger partial charge in [-0.3, -0.25) is 0 Å². The molecule has 0 saturated carbocycles. The van der Waals surface area contributed by atoms with E-state index in [-0.39, 0.29) is 5.38 Å². The highest BCUT2D eigenvalue weighted by molar-refractivity contribution is 6.22. The molecule has 0 saturated heterocycles. The molecule has 3 nitrogen and oxygen atoms in total. The molecule has 0 N–H and O–H groups in total. The number of furan rings is 1. The Balaban J connectivity index is 2.33. The minimum Gasteiger partial charge on any atom is -0.493 e. The Labute approximate surface area is 111 Å². The van der Waals surface area contributed by atoms with Gasteiger partial charge in [0.1, 0.15) is 16.9 Å². The number of alkyl halides is 1. The van der Waals surface area contributed by atoms with E-state index in [0.717, 1.165) is 17.1 Å². The van der Waals surface area contributed by atoms with Gasteiger partial charge in [-0.2, -0.15) is 0 Å². The summed E-state index contributed by atoms with van der Waals surface area (Å²) in [5, 5.41) is -0.335. The van der Waals surface area contributed by atoms with Gasteiger partial charge in [0, 0.05) is 0 Å². The van der Waals surface area contributed by atoms with Crippen molar-refractivity contribution in [1.82, 2.24) is 0 Å². The van der Waals surface area contributed by atoms with Gasteiger partial charge in [-0.05, 0) is 36.8 Å². The first-order chi connectivity index (χ1) is 8.65. The second kappa shape index (κ2) is 5.36. The van der Waals surface area contributed by atoms with Gasteiger partial charge >= 0.3 is 0 Å². The molecule has 0 amide bonds. The molecule has 1 atom stereocenters. The van der Waals surface area contributed by atoms with E-state index in [4.69, 9.17) is 25.5 Å². The Kier molecular flexibility index (Phi) is 3.82. The molecule has 0 bridgehead atoms. The fraction of sp³-hybridized carbons (Fsp3) is 0.286. The molecule has 2 rings (SSSR count). The number of methoxy groups -OCH3 is 2. The van der Waals surface area contributed by atoms with Crippen LogP contribution in [0.1, 0.15) is 22.5 Å². The number of ether oxygens (including phenoxy) is 2. The fourth-order valence-electron chi connectivity index (χ4n) is 1.76. The van der Waals surface area contributed by atoms with E-state index in [9.17, 15) is 0 Å². The SMILES string of the molecule is COc1ccc(C(Cl)c2ccc(C)o2)cc1OC. The van der Waals surface area contributed by atoms with Crippen molar-refractivity contribution in [1.29, 1.82) is 0 Å². The Bertz CT molecular complexity index is 534. The van der Waals surface area contributed by atoms with Crippen molar-refractivity contribution >= 4 is 11.6 Å². The molecule has 0 aliphatic heterocycles. The zero-order valence-electron chi connectivity index (χ0n) is 10.6. The zero-order valence-corrected chi connectivity index (χ0v) is 11.3. The van der Waals surface area contributed by atoms with Crippen molar-refractivity contribution in [2.75, 3.05) is 14.2 Å². The number of benzene rings is 1. The standard InChI is InChI=1S/C14H15ClO3/c1-9-4-6-12(18-9)14(15)10-5-7-11(16-2)13(8-10)17-3/h4-8,14H,1-3H3. The van der Waals surface area contributed by atoms with E-state index in [1.165, 1.54) is 0 Å². The molecule has 0 aliphatic rings. The number of rotatable bonds is 4. The molecular weight excluding hydrogens is 252 g/mol. The van der Waals surface area contributed by atoms with E-state index >= 15 is 0 Å². The van der Waals surface area contributed by atoms with Crippen LogP contribution in [-0.4, -0.2) is 14.2 Å². The maximum Gasteiger partial charge on any atom is 0.161 e. The molecule has 4 heteroatoms. The Morgan fingerprint density at radius 1 is 1.06 bits per heavy atom. The van der Waals surface area contributed by atoms with Gasteiger partial charge in [-0.25, -0.2) is 0 Å². The van der Waals surface area contributed by atoms with Crippen molar-refractivity contribution in [3.63, 3.8) is 0 Å². The van der Waals surface area contributed by atoms with Crippen LogP contribution in [0.2, 0.25) is 0 Å². The quantitative estimate of drug-likeness (QED) is 0.786. The summed E-state index contributed by atoms with van der Waals surface area (Å²) in [4.78, 5) is 0. The minimum atomic E-state index is -0.335. The Morgan fingerprint density at radius 2 is 1.78 bits per heavy atom. The third kappa shape index (κ3) is 2.46. The van der Waals surface area contributed by atoms with Crippen LogP contribution < -0.4 is 9.47 Å².